The van der Waals surface area contributed by atoms with Gasteiger partial charge in [0.05, 0.1) is 25.4 Å². The summed E-state index contributed by atoms with van der Waals surface area (Å²) in [6, 6.07) is 10.2. The molecule has 20 heavy (non-hydrogen) atoms. The summed E-state index contributed by atoms with van der Waals surface area (Å²) in [5.74, 6) is -0.500. The monoisotopic (exact) mass is 280 g/mol. The van der Waals surface area contributed by atoms with Crippen LogP contribution in [-0.4, -0.2) is 24.6 Å². The van der Waals surface area contributed by atoms with Gasteiger partial charge in [-0.05, 0) is 25.8 Å². The Balaban J connectivity index is 0.00000200. The average Bonchev–Trinajstić information content (AvgIpc) is 2.38. The Morgan fingerprint density at radius 3 is 2.45 bits per heavy atom. The van der Waals surface area contributed by atoms with E-state index in [1.165, 1.54) is 5.56 Å². The fraction of sp³-hybridized carbons (Fsp3) is 0.647. The molecule has 2 atom stereocenters. The summed E-state index contributed by atoms with van der Waals surface area (Å²) in [5.41, 5.74) is 1.20. The molecule has 0 aromatic heterocycles. The van der Waals surface area contributed by atoms with Crippen LogP contribution in [0, 0.1) is 0 Å². The van der Waals surface area contributed by atoms with Crippen molar-refractivity contribution in [2.45, 2.75) is 65.6 Å². The Kier molecular flexibility index (Phi) is 6.66. The lowest BCUT2D eigenvalue weighted by Crippen LogP contribution is -2.46. The number of hydrogen-bond acceptors (Lipinski definition) is 3. The van der Waals surface area contributed by atoms with E-state index in [1.54, 1.807) is 0 Å². The maximum Gasteiger partial charge on any atom is 0.163 e. The van der Waals surface area contributed by atoms with E-state index in [4.69, 9.17) is 14.2 Å². The Labute approximate surface area is 123 Å². The largest absolute Gasteiger partial charge is 0.374 e. The van der Waals surface area contributed by atoms with Crippen molar-refractivity contribution >= 4 is 0 Å². The second-order valence-corrected chi connectivity index (χ2v) is 5.52. The predicted molar refractivity (Wildman–Crippen MR) is 81.6 cm³/mol. The van der Waals surface area contributed by atoms with Crippen LogP contribution in [0.5, 0.6) is 0 Å². The van der Waals surface area contributed by atoms with Gasteiger partial charge in [0.1, 0.15) is 0 Å². The molecule has 1 fully saturated rings. The van der Waals surface area contributed by atoms with Crippen molar-refractivity contribution in [1.82, 2.24) is 0 Å². The van der Waals surface area contributed by atoms with Crippen molar-refractivity contribution in [1.29, 1.82) is 0 Å². The van der Waals surface area contributed by atoms with Gasteiger partial charge in [0.2, 0.25) is 0 Å². The third-order valence-corrected chi connectivity index (χ3v) is 3.30. The smallest absolute Gasteiger partial charge is 0.163 e. The van der Waals surface area contributed by atoms with E-state index >= 15 is 0 Å². The minimum absolute atomic E-state index is 0. The third-order valence-electron chi connectivity index (χ3n) is 3.30. The van der Waals surface area contributed by atoms with Crippen molar-refractivity contribution in [3.05, 3.63) is 35.9 Å². The second-order valence-electron chi connectivity index (χ2n) is 5.52. The third kappa shape index (κ3) is 5.23. The van der Waals surface area contributed by atoms with Crippen LogP contribution in [0.2, 0.25) is 0 Å². The first kappa shape index (κ1) is 17.2. The first-order valence-electron chi connectivity index (χ1n) is 7.06. The van der Waals surface area contributed by atoms with Gasteiger partial charge >= 0.3 is 0 Å². The van der Waals surface area contributed by atoms with Gasteiger partial charge in [-0.15, -0.1) is 0 Å². The van der Waals surface area contributed by atoms with Crippen LogP contribution in [0.3, 0.4) is 0 Å². The van der Waals surface area contributed by atoms with Crippen molar-refractivity contribution in [2.24, 2.45) is 0 Å². The normalized spacial score (nSPS) is 24.9. The highest BCUT2D eigenvalue weighted by Gasteiger charge is 2.34. The molecule has 2 rings (SSSR count). The molecule has 1 aromatic carbocycles. The van der Waals surface area contributed by atoms with E-state index in [0.29, 0.717) is 13.2 Å². The first-order valence-corrected chi connectivity index (χ1v) is 7.06. The number of rotatable bonds is 5. The SMILES string of the molecule is C.CC[C@H]1CC(COCc2ccccc2)OC(C)(C)O1. The molecule has 0 N–H and O–H groups in total. The lowest BCUT2D eigenvalue weighted by molar-refractivity contribution is -0.306. The maximum atomic E-state index is 5.90. The molecule has 0 bridgehead atoms. The van der Waals surface area contributed by atoms with Gasteiger partial charge in [0, 0.05) is 6.42 Å². The van der Waals surface area contributed by atoms with E-state index in [9.17, 15) is 0 Å². The molecule has 1 unspecified atom stereocenters. The molecule has 1 aliphatic heterocycles. The van der Waals surface area contributed by atoms with Gasteiger partial charge in [0.25, 0.3) is 0 Å². The summed E-state index contributed by atoms with van der Waals surface area (Å²) < 4.78 is 17.5. The minimum Gasteiger partial charge on any atom is -0.374 e. The van der Waals surface area contributed by atoms with Gasteiger partial charge in [0.15, 0.2) is 5.79 Å². The molecular weight excluding hydrogens is 252 g/mol. The van der Waals surface area contributed by atoms with E-state index in [1.807, 2.05) is 32.0 Å². The molecule has 1 aromatic rings. The van der Waals surface area contributed by atoms with Gasteiger partial charge < -0.3 is 14.2 Å². The first-order chi connectivity index (χ1) is 9.09. The van der Waals surface area contributed by atoms with E-state index in [0.717, 1.165) is 12.8 Å². The van der Waals surface area contributed by atoms with Crippen molar-refractivity contribution < 1.29 is 14.2 Å². The zero-order valence-electron chi connectivity index (χ0n) is 12.1. The molecule has 3 nitrogen and oxygen atoms in total. The van der Waals surface area contributed by atoms with Crippen LogP contribution in [0.15, 0.2) is 30.3 Å². The molecule has 0 saturated carbocycles. The standard InChI is InChI=1S/C16H24O3.CH4/c1-4-14-10-15(19-16(2,3)18-14)12-17-11-13-8-6-5-7-9-13;/h5-9,14-15H,4,10-12H2,1-3H3;1H4/t14-,15?;/m0./s1. The van der Waals surface area contributed by atoms with E-state index in [-0.39, 0.29) is 19.6 Å². The average molecular weight is 280 g/mol. The van der Waals surface area contributed by atoms with E-state index in [2.05, 4.69) is 19.1 Å². The van der Waals surface area contributed by atoms with Crippen molar-refractivity contribution in [3.8, 4) is 0 Å². The summed E-state index contributed by atoms with van der Waals surface area (Å²) in [6.07, 6.45) is 2.32. The molecule has 0 aliphatic carbocycles. The lowest BCUT2D eigenvalue weighted by atomic mass is 10.1. The summed E-state index contributed by atoms with van der Waals surface area (Å²) in [6.45, 7) is 7.35. The molecule has 1 heterocycles. The Bertz CT molecular complexity index is 375. The highest BCUT2D eigenvalue weighted by molar-refractivity contribution is 5.13. The number of hydrogen-bond donors (Lipinski definition) is 0. The zero-order chi connectivity index (χ0) is 13.7. The molecule has 3 heteroatoms. The topological polar surface area (TPSA) is 27.7 Å². The fourth-order valence-electron chi connectivity index (χ4n) is 2.45. The van der Waals surface area contributed by atoms with Crippen molar-refractivity contribution in [3.63, 3.8) is 0 Å². The van der Waals surface area contributed by atoms with Gasteiger partial charge in [-0.25, -0.2) is 0 Å². The van der Waals surface area contributed by atoms with Crippen LogP contribution >= 0.6 is 0 Å². The van der Waals surface area contributed by atoms with Crippen LogP contribution in [0.25, 0.3) is 0 Å². The van der Waals surface area contributed by atoms with E-state index < -0.39 is 5.79 Å². The number of ether oxygens (including phenoxy) is 3. The predicted octanol–water partition coefficient (Wildman–Crippen LogP) is 4.16. The molecule has 1 saturated heterocycles. The molecule has 0 spiro atoms. The molecule has 114 valence electrons. The highest BCUT2D eigenvalue weighted by Crippen LogP contribution is 2.28. The molecule has 0 amide bonds. The molecule has 0 radical (unpaired) electrons. The molecular formula is C17H28O3. The summed E-state index contributed by atoms with van der Waals surface area (Å²) in [4.78, 5) is 0. The number of benzene rings is 1. The zero-order valence-corrected chi connectivity index (χ0v) is 12.1. The highest BCUT2D eigenvalue weighted by atomic mass is 16.7. The minimum atomic E-state index is -0.500. The van der Waals surface area contributed by atoms with Crippen LogP contribution in [0.1, 0.15) is 46.6 Å². The Morgan fingerprint density at radius 2 is 1.80 bits per heavy atom. The van der Waals surface area contributed by atoms with Crippen LogP contribution < -0.4 is 0 Å². The fourth-order valence-corrected chi connectivity index (χ4v) is 2.45. The summed E-state index contributed by atoms with van der Waals surface area (Å²) in [5, 5.41) is 0. The van der Waals surface area contributed by atoms with Gasteiger partial charge in [-0.3, -0.25) is 0 Å². The second kappa shape index (κ2) is 7.77. The Hall–Kier alpha value is -0.900. The molecule has 1 aliphatic rings. The van der Waals surface area contributed by atoms with Gasteiger partial charge in [-0.2, -0.15) is 0 Å². The summed E-state index contributed by atoms with van der Waals surface area (Å²) in [7, 11) is 0. The lowest BCUT2D eigenvalue weighted by Gasteiger charge is -2.40. The van der Waals surface area contributed by atoms with Crippen LogP contribution in [0.4, 0.5) is 0 Å². The maximum absolute atomic E-state index is 5.90. The van der Waals surface area contributed by atoms with Gasteiger partial charge in [-0.1, -0.05) is 44.7 Å². The Morgan fingerprint density at radius 1 is 1.15 bits per heavy atom. The quantitative estimate of drug-likeness (QED) is 0.810. The summed E-state index contributed by atoms with van der Waals surface area (Å²) >= 11 is 0. The van der Waals surface area contributed by atoms with Crippen LogP contribution in [-0.2, 0) is 20.8 Å². The van der Waals surface area contributed by atoms with Crippen molar-refractivity contribution in [2.75, 3.05) is 6.61 Å².